The molecule has 0 saturated heterocycles. The second-order valence-corrected chi connectivity index (χ2v) is 3.85. The van der Waals surface area contributed by atoms with Crippen LogP contribution in [0.2, 0.25) is 0 Å². The fourth-order valence-corrected chi connectivity index (χ4v) is 1.18. The SMILES string of the molecule is CCC(N)NC(=O)c1nnn(C(C)C)c1N. The molecule has 16 heavy (non-hydrogen) atoms. The number of nitrogens with one attached hydrogen (secondary N) is 1. The fourth-order valence-electron chi connectivity index (χ4n) is 1.18. The quantitative estimate of drug-likeness (QED) is 0.619. The van der Waals surface area contributed by atoms with Gasteiger partial charge in [-0.05, 0) is 20.3 Å². The van der Waals surface area contributed by atoms with E-state index >= 15 is 0 Å². The summed E-state index contributed by atoms with van der Waals surface area (Å²) in [7, 11) is 0. The van der Waals surface area contributed by atoms with Crippen molar-refractivity contribution in [3.8, 4) is 0 Å². The maximum absolute atomic E-state index is 11.7. The number of nitrogens with zero attached hydrogens (tertiary/aromatic N) is 3. The monoisotopic (exact) mass is 226 g/mol. The van der Waals surface area contributed by atoms with Crippen molar-refractivity contribution in [3.05, 3.63) is 5.69 Å². The third kappa shape index (κ3) is 2.48. The van der Waals surface area contributed by atoms with E-state index in [4.69, 9.17) is 11.5 Å². The predicted octanol–water partition coefficient (Wildman–Crippen LogP) is -0.134. The molecule has 1 heterocycles. The first-order chi connectivity index (χ1) is 7.47. The van der Waals surface area contributed by atoms with Crippen molar-refractivity contribution in [1.29, 1.82) is 0 Å². The number of carbonyl (C=O) groups excluding carboxylic acids is 1. The summed E-state index contributed by atoms with van der Waals surface area (Å²) in [6, 6.07) is 0.0638. The van der Waals surface area contributed by atoms with Gasteiger partial charge in [0.25, 0.3) is 5.91 Å². The Bertz CT molecular complexity index is 372. The normalized spacial score (nSPS) is 12.8. The summed E-state index contributed by atoms with van der Waals surface area (Å²) >= 11 is 0. The van der Waals surface area contributed by atoms with Gasteiger partial charge in [0.1, 0.15) is 0 Å². The molecule has 0 saturated carbocycles. The van der Waals surface area contributed by atoms with Gasteiger partial charge in [-0.2, -0.15) is 0 Å². The number of nitrogens with two attached hydrogens (primary N) is 2. The summed E-state index contributed by atoms with van der Waals surface area (Å²) in [6.45, 7) is 5.69. The molecular formula is C9H18N6O. The minimum absolute atomic E-state index is 0.0638. The van der Waals surface area contributed by atoms with Gasteiger partial charge >= 0.3 is 0 Å². The zero-order chi connectivity index (χ0) is 12.3. The van der Waals surface area contributed by atoms with Crippen molar-refractivity contribution in [2.75, 3.05) is 5.73 Å². The summed E-state index contributed by atoms with van der Waals surface area (Å²) in [5.41, 5.74) is 11.5. The molecule has 0 aromatic carbocycles. The van der Waals surface area contributed by atoms with E-state index in [1.54, 1.807) is 0 Å². The van der Waals surface area contributed by atoms with Gasteiger partial charge in [0.05, 0.1) is 12.2 Å². The van der Waals surface area contributed by atoms with Crippen LogP contribution in [0.15, 0.2) is 0 Å². The molecule has 1 aromatic heterocycles. The number of amides is 1. The highest BCUT2D eigenvalue weighted by Gasteiger charge is 2.19. The van der Waals surface area contributed by atoms with Crippen molar-refractivity contribution in [2.24, 2.45) is 5.73 Å². The van der Waals surface area contributed by atoms with Crippen LogP contribution in [-0.2, 0) is 0 Å². The molecule has 0 bridgehead atoms. The van der Waals surface area contributed by atoms with Crippen LogP contribution in [-0.4, -0.2) is 27.1 Å². The number of hydrogen-bond acceptors (Lipinski definition) is 5. The number of hydrogen-bond donors (Lipinski definition) is 3. The lowest BCUT2D eigenvalue weighted by molar-refractivity contribution is 0.0933. The minimum Gasteiger partial charge on any atom is -0.382 e. The van der Waals surface area contributed by atoms with Crippen molar-refractivity contribution < 1.29 is 4.79 Å². The van der Waals surface area contributed by atoms with Crippen LogP contribution in [0.4, 0.5) is 5.82 Å². The summed E-state index contributed by atoms with van der Waals surface area (Å²) < 4.78 is 1.49. The third-order valence-corrected chi connectivity index (χ3v) is 2.19. The number of carbonyl (C=O) groups is 1. The van der Waals surface area contributed by atoms with E-state index in [1.807, 2.05) is 20.8 Å². The molecule has 5 N–H and O–H groups in total. The Morgan fingerprint density at radius 1 is 1.56 bits per heavy atom. The van der Waals surface area contributed by atoms with Crippen molar-refractivity contribution in [2.45, 2.75) is 39.4 Å². The highest BCUT2D eigenvalue weighted by Crippen LogP contribution is 2.13. The Kier molecular flexibility index (Phi) is 3.83. The van der Waals surface area contributed by atoms with Crippen molar-refractivity contribution in [3.63, 3.8) is 0 Å². The lowest BCUT2D eigenvalue weighted by Crippen LogP contribution is -2.41. The predicted molar refractivity (Wildman–Crippen MR) is 60.6 cm³/mol. The summed E-state index contributed by atoms with van der Waals surface area (Å²) in [6.07, 6.45) is 0.250. The molecule has 1 unspecified atom stereocenters. The molecule has 7 nitrogen and oxygen atoms in total. The van der Waals surface area contributed by atoms with Crippen molar-refractivity contribution >= 4 is 11.7 Å². The topological polar surface area (TPSA) is 112 Å². The van der Waals surface area contributed by atoms with Crippen LogP contribution >= 0.6 is 0 Å². The lowest BCUT2D eigenvalue weighted by Gasteiger charge is -2.10. The lowest BCUT2D eigenvalue weighted by atomic mass is 10.3. The Balaban J connectivity index is 2.85. The average Bonchev–Trinajstić information content (AvgIpc) is 2.59. The van der Waals surface area contributed by atoms with Gasteiger partial charge in [-0.15, -0.1) is 5.10 Å². The molecule has 0 aliphatic rings. The van der Waals surface area contributed by atoms with E-state index in [0.717, 1.165) is 0 Å². The van der Waals surface area contributed by atoms with Gasteiger partial charge in [0.2, 0.25) is 0 Å². The molecule has 1 rings (SSSR count). The molecule has 1 amide bonds. The first-order valence-electron chi connectivity index (χ1n) is 5.24. The van der Waals surface area contributed by atoms with Crippen LogP contribution in [0, 0.1) is 0 Å². The molecule has 7 heteroatoms. The van der Waals surface area contributed by atoms with E-state index in [9.17, 15) is 4.79 Å². The van der Waals surface area contributed by atoms with E-state index < -0.39 is 12.1 Å². The molecule has 1 atom stereocenters. The Hall–Kier alpha value is -1.63. The third-order valence-electron chi connectivity index (χ3n) is 2.19. The van der Waals surface area contributed by atoms with Gasteiger partial charge in [-0.3, -0.25) is 4.79 Å². The molecule has 0 aliphatic heterocycles. The maximum Gasteiger partial charge on any atom is 0.276 e. The largest absolute Gasteiger partial charge is 0.382 e. The van der Waals surface area contributed by atoms with Crippen LogP contribution < -0.4 is 16.8 Å². The molecular weight excluding hydrogens is 208 g/mol. The van der Waals surface area contributed by atoms with Gasteiger partial charge in [-0.25, -0.2) is 4.68 Å². The zero-order valence-electron chi connectivity index (χ0n) is 9.77. The summed E-state index contributed by atoms with van der Waals surface area (Å²) in [4.78, 5) is 11.7. The smallest absolute Gasteiger partial charge is 0.276 e. The molecule has 1 aromatic rings. The first kappa shape index (κ1) is 12.4. The van der Waals surface area contributed by atoms with E-state index in [1.165, 1.54) is 4.68 Å². The van der Waals surface area contributed by atoms with Gasteiger partial charge in [0, 0.05) is 0 Å². The van der Waals surface area contributed by atoms with Gasteiger partial charge < -0.3 is 16.8 Å². The number of anilines is 1. The van der Waals surface area contributed by atoms with Crippen molar-refractivity contribution in [1.82, 2.24) is 20.3 Å². The number of nitrogen functional groups attached to an aromatic ring is 1. The first-order valence-corrected chi connectivity index (χ1v) is 5.24. The fraction of sp³-hybridized carbons (Fsp3) is 0.667. The highest BCUT2D eigenvalue weighted by atomic mass is 16.2. The van der Waals surface area contributed by atoms with E-state index in [0.29, 0.717) is 6.42 Å². The summed E-state index contributed by atoms with van der Waals surface area (Å²) in [5.74, 6) is -0.130. The molecule has 90 valence electrons. The number of rotatable bonds is 4. The molecule has 0 spiro atoms. The Morgan fingerprint density at radius 3 is 2.62 bits per heavy atom. The zero-order valence-corrected chi connectivity index (χ0v) is 9.77. The Labute approximate surface area is 94.2 Å². The van der Waals surface area contributed by atoms with Crippen LogP contribution in [0.25, 0.3) is 0 Å². The highest BCUT2D eigenvalue weighted by molar-refractivity contribution is 5.96. The van der Waals surface area contributed by atoms with Crippen LogP contribution in [0.1, 0.15) is 43.7 Å². The van der Waals surface area contributed by atoms with E-state index in [-0.39, 0.29) is 17.6 Å². The molecule has 0 aliphatic carbocycles. The minimum atomic E-state index is -0.393. The van der Waals surface area contributed by atoms with Crippen LogP contribution in [0.3, 0.4) is 0 Å². The standard InChI is InChI=1S/C9H18N6O/c1-4-6(10)12-9(16)7-8(11)15(5(2)3)14-13-7/h5-6H,4,10-11H2,1-3H3,(H,12,16). The second-order valence-electron chi connectivity index (χ2n) is 3.85. The van der Waals surface area contributed by atoms with Gasteiger partial charge in [-0.1, -0.05) is 12.1 Å². The van der Waals surface area contributed by atoms with Crippen LogP contribution in [0.5, 0.6) is 0 Å². The number of aromatic nitrogens is 3. The molecule has 0 fully saturated rings. The molecule has 0 radical (unpaired) electrons. The second kappa shape index (κ2) is 4.93. The average molecular weight is 226 g/mol. The van der Waals surface area contributed by atoms with E-state index in [2.05, 4.69) is 15.6 Å². The van der Waals surface area contributed by atoms with Gasteiger partial charge in [0.15, 0.2) is 11.5 Å². The Morgan fingerprint density at radius 2 is 2.19 bits per heavy atom. The summed E-state index contributed by atoms with van der Waals surface area (Å²) in [5, 5.41) is 10.1. The maximum atomic E-state index is 11.7.